The molecule has 0 aliphatic heterocycles. The number of esters is 1. The number of nitrogens with one attached hydrogen (secondary N) is 1. The molecule has 0 unspecified atom stereocenters. The smallest absolute Gasteiger partial charge is 0.379 e. The second-order valence-electron chi connectivity index (χ2n) is 3.39. The average molecular weight is 291 g/mol. The minimum absolute atomic E-state index is 0.0767. The van der Waals surface area contributed by atoms with Crippen LogP contribution in [0.3, 0.4) is 0 Å². The molecule has 1 heterocycles. The van der Waals surface area contributed by atoms with Crippen LogP contribution in [-0.4, -0.2) is 36.0 Å². The topological polar surface area (TPSA) is 117 Å². The Morgan fingerprint density at radius 2 is 1.84 bits per heavy atom. The molecule has 0 aromatic carbocycles. The quantitative estimate of drug-likeness (QED) is 0.569. The van der Waals surface area contributed by atoms with Crippen LogP contribution < -0.4 is 11.2 Å². The first-order valence-corrected chi connectivity index (χ1v) is 7.45. The molecule has 0 radical (unpaired) electrons. The number of hydrogen-bond donors (Lipinski definition) is 2. The van der Waals surface area contributed by atoms with Gasteiger partial charge in [-0.05, 0) is 20.8 Å². The fraction of sp³-hybridized carbons (Fsp3) is 0.600. The lowest BCUT2D eigenvalue weighted by molar-refractivity contribution is 0.0528. The summed E-state index contributed by atoms with van der Waals surface area (Å²) in [7, 11) is -3.66. The van der Waals surface area contributed by atoms with Gasteiger partial charge in [-0.15, -0.1) is 0 Å². The molecule has 0 saturated heterocycles. The molecule has 0 atom stereocenters. The fourth-order valence-corrected chi connectivity index (χ4v) is 3.12. The van der Waals surface area contributed by atoms with Crippen LogP contribution in [0.15, 0.2) is 0 Å². The van der Waals surface area contributed by atoms with Crippen LogP contribution in [0, 0.1) is 0 Å². The molecule has 3 N–H and O–H groups in total. The number of nitrogen functional groups attached to an aromatic ring is 1. The maximum atomic E-state index is 12.6. The molecule has 1 aromatic rings. The van der Waals surface area contributed by atoms with Gasteiger partial charge in [0.25, 0.3) is 0 Å². The first-order chi connectivity index (χ1) is 9.00. The van der Waals surface area contributed by atoms with Gasteiger partial charge < -0.3 is 19.5 Å². The molecule has 0 bridgehead atoms. The van der Waals surface area contributed by atoms with Gasteiger partial charge in [-0.3, -0.25) is 9.66 Å². The molecule has 0 aliphatic rings. The molecule has 0 fully saturated rings. The van der Waals surface area contributed by atoms with E-state index < -0.39 is 13.6 Å². The molecule has 0 aliphatic carbocycles. The van der Waals surface area contributed by atoms with Crippen LogP contribution in [0.4, 0.5) is 5.82 Å². The number of hydrogen-bond acceptors (Lipinski definition) is 7. The third-order valence-corrected chi connectivity index (χ3v) is 4.19. The summed E-state index contributed by atoms with van der Waals surface area (Å²) >= 11 is 0. The summed E-state index contributed by atoms with van der Waals surface area (Å²) < 4.78 is 27.7. The van der Waals surface area contributed by atoms with Gasteiger partial charge in [0.2, 0.25) is 0 Å². The summed E-state index contributed by atoms with van der Waals surface area (Å²) in [5.41, 5.74) is 5.40. The van der Waals surface area contributed by atoms with Gasteiger partial charge in [-0.25, -0.2) is 4.79 Å². The largest absolute Gasteiger partial charge is 0.462 e. The Hall–Kier alpha value is -1.37. The van der Waals surface area contributed by atoms with E-state index in [2.05, 4.69) is 10.2 Å². The maximum Gasteiger partial charge on any atom is 0.379 e. The molecule has 0 saturated carbocycles. The van der Waals surface area contributed by atoms with Gasteiger partial charge in [0.15, 0.2) is 11.3 Å². The van der Waals surface area contributed by atoms with Crippen LogP contribution in [-0.2, 0) is 18.3 Å². The Morgan fingerprint density at radius 1 is 1.26 bits per heavy atom. The number of nitrogens with zero attached hydrogens (tertiary/aromatic N) is 1. The zero-order valence-corrected chi connectivity index (χ0v) is 12.0. The maximum absolute atomic E-state index is 12.6. The number of carbonyl (C=O) groups is 1. The number of rotatable bonds is 7. The SMILES string of the molecule is CCOC(=O)c1c(N)n[nH]c1P(=O)(OCC)OCC. The van der Waals surface area contributed by atoms with Crippen molar-refractivity contribution in [3.05, 3.63) is 5.56 Å². The van der Waals surface area contributed by atoms with Gasteiger partial charge in [-0.1, -0.05) is 0 Å². The molecule has 9 heteroatoms. The van der Waals surface area contributed by atoms with Gasteiger partial charge >= 0.3 is 13.6 Å². The van der Waals surface area contributed by atoms with Crippen LogP contribution in [0.2, 0.25) is 0 Å². The Kier molecular flexibility index (Phi) is 5.53. The van der Waals surface area contributed by atoms with Crippen molar-refractivity contribution >= 4 is 24.8 Å². The molecule has 0 spiro atoms. The van der Waals surface area contributed by atoms with E-state index in [1.807, 2.05) is 0 Å². The van der Waals surface area contributed by atoms with Crippen LogP contribution in [0.1, 0.15) is 31.1 Å². The number of nitrogens with two attached hydrogens (primary N) is 1. The van der Waals surface area contributed by atoms with Crippen molar-refractivity contribution in [1.82, 2.24) is 10.2 Å². The highest BCUT2D eigenvalue weighted by atomic mass is 31.2. The van der Waals surface area contributed by atoms with Crippen molar-refractivity contribution in [2.75, 3.05) is 25.6 Å². The Morgan fingerprint density at radius 3 is 2.32 bits per heavy atom. The third-order valence-electron chi connectivity index (χ3n) is 2.13. The third kappa shape index (κ3) is 3.34. The van der Waals surface area contributed by atoms with E-state index in [-0.39, 0.29) is 36.6 Å². The second kappa shape index (κ2) is 6.70. The van der Waals surface area contributed by atoms with Crippen molar-refractivity contribution in [2.45, 2.75) is 20.8 Å². The predicted molar refractivity (Wildman–Crippen MR) is 69.4 cm³/mol. The van der Waals surface area contributed by atoms with Gasteiger partial charge in [0.05, 0.1) is 19.8 Å². The normalized spacial score (nSPS) is 11.5. The molecule has 19 heavy (non-hydrogen) atoms. The standard InChI is InChI=1S/C10H18N3O5P/c1-4-16-10(14)7-8(11)12-13-9(7)19(15,17-5-2)18-6-3/h4-6H2,1-3H3,(H3,11,12,13). The Labute approximate surface area is 111 Å². The minimum Gasteiger partial charge on any atom is -0.462 e. The summed E-state index contributed by atoms with van der Waals surface area (Å²) in [4.78, 5) is 11.8. The number of ether oxygens (including phenoxy) is 1. The lowest BCUT2D eigenvalue weighted by Gasteiger charge is -2.16. The number of anilines is 1. The van der Waals surface area contributed by atoms with Crippen LogP contribution in [0.5, 0.6) is 0 Å². The number of aromatic nitrogens is 2. The number of H-pyrrole nitrogens is 1. The van der Waals surface area contributed by atoms with Crippen molar-refractivity contribution in [3.63, 3.8) is 0 Å². The van der Waals surface area contributed by atoms with E-state index in [0.717, 1.165) is 0 Å². The Balaban J connectivity index is 3.25. The Bertz CT molecular complexity index is 478. The van der Waals surface area contributed by atoms with Gasteiger partial charge in [-0.2, -0.15) is 5.10 Å². The highest BCUT2D eigenvalue weighted by Gasteiger charge is 2.36. The van der Waals surface area contributed by atoms with Crippen LogP contribution in [0.25, 0.3) is 0 Å². The second-order valence-corrected chi connectivity index (χ2v) is 5.34. The predicted octanol–water partition coefficient (Wildman–Crippen LogP) is 1.06. The summed E-state index contributed by atoms with van der Waals surface area (Å²) in [6, 6.07) is 0. The van der Waals surface area contributed by atoms with Gasteiger partial charge in [0, 0.05) is 0 Å². The van der Waals surface area contributed by atoms with E-state index in [0.29, 0.717) is 0 Å². The molecule has 108 valence electrons. The zero-order chi connectivity index (χ0) is 14.5. The van der Waals surface area contributed by atoms with E-state index in [1.165, 1.54) is 0 Å². The van der Waals surface area contributed by atoms with E-state index >= 15 is 0 Å². The fourth-order valence-electron chi connectivity index (χ4n) is 1.46. The van der Waals surface area contributed by atoms with E-state index in [1.54, 1.807) is 20.8 Å². The molecular weight excluding hydrogens is 273 g/mol. The molecule has 8 nitrogen and oxygen atoms in total. The van der Waals surface area contributed by atoms with Crippen molar-refractivity contribution < 1.29 is 23.1 Å². The van der Waals surface area contributed by atoms with E-state index in [4.69, 9.17) is 19.5 Å². The lowest BCUT2D eigenvalue weighted by atomic mass is 10.3. The average Bonchev–Trinajstić information content (AvgIpc) is 2.73. The monoisotopic (exact) mass is 291 g/mol. The van der Waals surface area contributed by atoms with Crippen molar-refractivity contribution in [3.8, 4) is 0 Å². The number of aromatic amines is 1. The minimum atomic E-state index is -3.66. The molecule has 0 amide bonds. The molecular formula is C10H18N3O5P. The first-order valence-electron chi connectivity index (χ1n) is 5.90. The molecule has 1 rings (SSSR count). The summed E-state index contributed by atoms with van der Waals surface area (Å²) in [6.07, 6.45) is 0. The van der Waals surface area contributed by atoms with Crippen molar-refractivity contribution in [2.24, 2.45) is 0 Å². The zero-order valence-electron chi connectivity index (χ0n) is 11.1. The lowest BCUT2D eigenvalue weighted by Crippen LogP contribution is -2.21. The van der Waals surface area contributed by atoms with Crippen LogP contribution >= 0.6 is 7.60 Å². The molecule has 1 aromatic heterocycles. The van der Waals surface area contributed by atoms with Gasteiger partial charge in [0.1, 0.15) is 5.56 Å². The summed E-state index contributed by atoms with van der Waals surface area (Å²) in [5.74, 6) is -0.823. The summed E-state index contributed by atoms with van der Waals surface area (Å²) in [5, 5.41) is 6.10. The number of carbonyl (C=O) groups excluding carboxylic acids is 1. The van der Waals surface area contributed by atoms with E-state index in [9.17, 15) is 9.36 Å². The highest BCUT2D eigenvalue weighted by Crippen LogP contribution is 2.47. The summed E-state index contributed by atoms with van der Waals surface area (Å²) in [6.45, 7) is 5.44. The first kappa shape index (κ1) is 15.7. The van der Waals surface area contributed by atoms with Crippen molar-refractivity contribution in [1.29, 1.82) is 0 Å². The highest BCUT2D eigenvalue weighted by molar-refractivity contribution is 7.62.